The van der Waals surface area contributed by atoms with Crippen LogP contribution < -0.4 is 24.9 Å². The first-order chi connectivity index (χ1) is 27.1. The first-order valence-electron chi connectivity index (χ1n) is 19.6. The molecule has 15 heteroatoms. The molecule has 1 N–H and O–H groups in total. The van der Waals surface area contributed by atoms with Crippen molar-refractivity contribution in [2.45, 2.75) is 76.2 Å². The van der Waals surface area contributed by atoms with Crippen molar-refractivity contribution >= 4 is 58.2 Å². The summed E-state index contributed by atoms with van der Waals surface area (Å²) in [6.45, 7) is 8.20. The normalized spacial score (nSPS) is 24.1. The van der Waals surface area contributed by atoms with Gasteiger partial charge in [-0.2, -0.15) is 5.26 Å². The van der Waals surface area contributed by atoms with Crippen LogP contribution in [0.15, 0.2) is 48.8 Å². The van der Waals surface area contributed by atoms with Crippen LogP contribution in [0.2, 0.25) is 5.02 Å². The van der Waals surface area contributed by atoms with Crippen molar-refractivity contribution in [1.82, 2.24) is 20.2 Å². The van der Waals surface area contributed by atoms with E-state index in [0.717, 1.165) is 92.7 Å². The molecule has 1 unspecified atom stereocenters. The molecule has 2 atom stereocenters. The Bertz CT molecular complexity index is 2120. The summed E-state index contributed by atoms with van der Waals surface area (Å²) in [6, 6.07) is 12.6. The minimum absolute atomic E-state index is 0.0707. The van der Waals surface area contributed by atoms with E-state index in [1.54, 1.807) is 12.1 Å². The highest BCUT2D eigenvalue weighted by molar-refractivity contribution is 6.32. The highest BCUT2D eigenvalue weighted by Crippen LogP contribution is 2.46. The van der Waals surface area contributed by atoms with Crippen LogP contribution >= 0.6 is 11.6 Å². The third kappa shape index (κ3) is 6.60. The van der Waals surface area contributed by atoms with Gasteiger partial charge in [0.1, 0.15) is 12.1 Å². The van der Waals surface area contributed by atoms with Gasteiger partial charge in [-0.1, -0.05) is 11.6 Å². The van der Waals surface area contributed by atoms with Crippen LogP contribution in [-0.4, -0.2) is 109 Å². The Hall–Kier alpha value is -5.26. The van der Waals surface area contributed by atoms with E-state index in [0.29, 0.717) is 29.7 Å². The first kappa shape index (κ1) is 36.4. The number of carbonyl (C=O) groups excluding carboxylic acids is 4. The molecule has 0 radical (unpaired) electrons. The number of carbonyl (C=O) groups is 4. The van der Waals surface area contributed by atoms with Gasteiger partial charge >= 0.3 is 0 Å². The van der Waals surface area contributed by atoms with Gasteiger partial charge < -0.3 is 24.3 Å². The minimum Gasteiger partial charge on any atom is -0.371 e. The second-order valence-electron chi connectivity index (χ2n) is 16.2. The molecule has 4 amide bonds. The molecule has 5 fully saturated rings. The largest absolute Gasteiger partial charge is 0.371 e. The van der Waals surface area contributed by atoms with Crippen molar-refractivity contribution in [2.24, 2.45) is 5.41 Å². The third-order valence-corrected chi connectivity index (χ3v) is 13.0. The van der Waals surface area contributed by atoms with Crippen molar-refractivity contribution in [3.63, 3.8) is 0 Å². The Morgan fingerprint density at radius 3 is 2.25 bits per heavy atom. The summed E-state index contributed by atoms with van der Waals surface area (Å²) in [6.07, 6.45) is 9.46. The van der Waals surface area contributed by atoms with Crippen LogP contribution in [-0.2, 0) is 14.3 Å². The number of nitriles is 1. The lowest BCUT2D eigenvalue weighted by atomic mass is 9.76. The molecule has 1 spiro atoms. The minimum atomic E-state index is -0.978. The molecular formula is C41H44ClN9O5. The SMILES string of the molecule is C[C@H]1CC2(CCN(c3cnc(N4CCC(OC5CN(c6ccc7c(c6)C(=O)N(C6CCC(=O)NC6=O)C7=O)C5)CC4)nc3)CC2)CN1c1ccc(C#N)c(Cl)c1. The van der Waals surface area contributed by atoms with Gasteiger partial charge in [-0.3, -0.25) is 29.4 Å². The fourth-order valence-electron chi connectivity index (χ4n) is 9.53. The molecule has 56 heavy (non-hydrogen) atoms. The molecule has 6 aliphatic rings. The van der Waals surface area contributed by atoms with Gasteiger partial charge in [-0.15, -0.1) is 0 Å². The Labute approximate surface area is 330 Å². The second kappa shape index (κ2) is 14.4. The fourth-order valence-corrected chi connectivity index (χ4v) is 9.75. The fraction of sp³-hybridized carbons (Fsp3) is 0.488. The summed E-state index contributed by atoms with van der Waals surface area (Å²) < 4.78 is 6.46. The lowest BCUT2D eigenvalue weighted by molar-refractivity contribution is -0.136. The molecule has 3 aromatic rings. The van der Waals surface area contributed by atoms with Crippen molar-refractivity contribution in [3.05, 3.63) is 70.5 Å². The highest BCUT2D eigenvalue weighted by atomic mass is 35.5. The molecule has 290 valence electrons. The van der Waals surface area contributed by atoms with E-state index in [4.69, 9.17) is 26.3 Å². The van der Waals surface area contributed by atoms with E-state index in [2.05, 4.69) is 37.9 Å². The maximum absolute atomic E-state index is 13.3. The molecule has 0 saturated carbocycles. The molecule has 0 bridgehead atoms. The second-order valence-corrected chi connectivity index (χ2v) is 16.6. The zero-order valence-electron chi connectivity index (χ0n) is 31.3. The Morgan fingerprint density at radius 2 is 1.55 bits per heavy atom. The predicted octanol–water partition coefficient (Wildman–Crippen LogP) is 4.16. The number of anilines is 4. The number of benzene rings is 2. The number of fused-ring (bicyclic) bond motifs is 1. The number of nitrogens with zero attached hydrogens (tertiary/aromatic N) is 8. The van der Waals surface area contributed by atoms with Gasteiger partial charge in [-0.05, 0) is 87.3 Å². The molecule has 14 nitrogen and oxygen atoms in total. The lowest BCUT2D eigenvalue weighted by Crippen LogP contribution is -2.54. The van der Waals surface area contributed by atoms with Gasteiger partial charge in [0.25, 0.3) is 11.8 Å². The molecule has 9 rings (SSSR count). The number of hydrogen-bond donors (Lipinski definition) is 1. The first-order valence-corrected chi connectivity index (χ1v) is 20.0. The van der Waals surface area contributed by atoms with Crippen LogP contribution in [0.4, 0.5) is 23.0 Å². The van der Waals surface area contributed by atoms with Gasteiger partial charge in [0.05, 0.1) is 52.0 Å². The number of halogens is 1. The maximum atomic E-state index is 13.3. The summed E-state index contributed by atoms with van der Waals surface area (Å²) in [5, 5.41) is 12.0. The van der Waals surface area contributed by atoms with Gasteiger partial charge in [0.2, 0.25) is 17.8 Å². The van der Waals surface area contributed by atoms with Crippen molar-refractivity contribution in [1.29, 1.82) is 5.26 Å². The number of hydrogen-bond acceptors (Lipinski definition) is 12. The highest BCUT2D eigenvalue weighted by Gasteiger charge is 2.46. The predicted molar refractivity (Wildman–Crippen MR) is 209 cm³/mol. The van der Waals surface area contributed by atoms with Crippen LogP contribution in [0.3, 0.4) is 0 Å². The number of amides is 4. The lowest BCUT2D eigenvalue weighted by Gasteiger charge is -2.43. The van der Waals surface area contributed by atoms with Crippen LogP contribution in [0.5, 0.6) is 0 Å². The number of nitrogens with one attached hydrogen (secondary N) is 1. The summed E-state index contributed by atoms with van der Waals surface area (Å²) in [5.41, 5.74) is 4.31. The van der Waals surface area contributed by atoms with Crippen molar-refractivity contribution in [3.8, 4) is 6.07 Å². The molecule has 7 heterocycles. The van der Waals surface area contributed by atoms with Gasteiger partial charge in [-0.25, -0.2) is 9.97 Å². The zero-order chi connectivity index (χ0) is 38.7. The van der Waals surface area contributed by atoms with Gasteiger partial charge in [0, 0.05) is 69.7 Å². The van der Waals surface area contributed by atoms with Gasteiger partial charge in [0.15, 0.2) is 0 Å². The summed E-state index contributed by atoms with van der Waals surface area (Å²) >= 11 is 6.37. The Balaban J connectivity index is 0.725. The van der Waals surface area contributed by atoms with E-state index in [-0.39, 0.29) is 41.6 Å². The molecule has 2 aromatic carbocycles. The van der Waals surface area contributed by atoms with E-state index in [9.17, 15) is 24.4 Å². The van der Waals surface area contributed by atoms with Crippen LogP contribution in [0, 0.1) is 16.7 Å². The third-order valence-electron chi connectivity index (χ3n) is 12.7. The number of aromatic nitrogens is 2. The summed E-state index contributed by atoms with van der Waals surface area (Å²) in [4.78, 5) is 70.1. The van der Waals surface area contributed by atoms with E-state index < -0.39 is 29.7 Å². The molecular weight excluding hydrogens is 734 g/mol. The summed E-state index contributed by atoms with van der Waals surface area (Å²) in [5.74, 6) is -1.26. The summed E-state index contributed by atoms with van der Waals surface area (Å²) in [7, 11) is 0. The van der Waals surface area contributed by atoms with E-state index in [1.165, 1.54) is 0 Å². The van der Waals surface area contributed by atoms with Crippen molar-refractivity contribution < 1.29 is 23.9 Å². The Kier molecular flexibility index (Phi) is 9.32. The monoisotopic (exact) mass is 777 g/mol. The number of rotatable bonds is 7. The van der Waals surface area contributed by atoms with Crippen molar-refractivity contribution in [2.75, 3.05) is 65.4 Å². The molecule has 0 aliphatic carbocycles. The average molecular weight is 778 g/mol. The zero-order valence-corrected chi connectivity index (χ0v) is 32.1. The van der Waals surface area contributed by atoms with Crippen LogP contribution in [0.1, 0.15) is 78.1 Å². The molecule has 6 aliphatic heterocycles. The quantitative estimate of drug-likeness (QED) is 0.343. The molecule has 1 aromatic heterocycles. The van der Waals surface area contributed by atoms with E-state index >= 15 is 0 Å². The smallest absolute Gasteiger partial charge is 0.262 e. The number of ether oxygens (including phenoxy) is 1. The van der Waals surface area contributed by atoms with E-state index in [1.807, 2.05) is 36.7 Å². The topological polar surface area (TPSA) is 155 Å². The number of piperidine rings is 3. The standard InChI is InChI=1S/C41H44ClN9O5/c1-25-18-41(24-50(25)28-3-2-26(19-43)34(42)17-28)10-14-47(15-11-41)29-20-44-40(45-21-29)48-12-8-30(9-13-48)56-31-22-49(23-31)27-4-5-32-33(16-27)39(55)51(38(32)54)35-6-7-36(52)46-37(35)53/h2-5,16-17,20-21,25,30-31,35H,6-15,18,22-24H2,1H3,(H,46,52,53)/t25-,35?/m0/s1. The average Bonchev–Trinajstić information content (AvgIpc) is 3.64. The Morgan fingerprint density at radius 1 is 0.839 bits per heavy atom. The molecule has 5 saturated heterocycles. The maximum Gasteiger partial charge on any atom is 0.262 e. The number of imide groups is 2. The van der Waals surface area contributed by atoms with Crippen LogP contribution in [0.25, 0.3) is 0 Å².